The predicted molar refractivity (Wildman–Crippen MR) is 84.8 cm³/mol. The second-order valence-electron chi connectivity index (χ2n) is 7.01. The molecular formula is C17H24N4O2. The predicted octanol–water partition coefficient (Wildman–Crippen LogP) is 2.46. The highest BCUT2D eigenvalue weighted by molar-refractivity contribution is 5.90. The fourth-order valence-corrected chi connectivity index (χ4v) is 3.62. The zero-order valence-corrected chi connectivity index (χ0v) is 13.4. The van der Waals surface area contributed by atoms with E-state index in [-0.39, 0.29) is 17.8 Å². The first-order chi connectivity index (χ1) is 11.3. The van der Waals surface area contributed by atoms with Crippen LogP contribution in [0.25, 0.3) is 0 Å². The average Bonchev–Trinajstić information content (AvgIpc) is 3.07. The molecule has 124 valence electrons. The summed E-state index contributed by atoms with van der Waals surface area (Å²) in [5.41, 5.74) is 0. The Labute approximate surface area is 136 Å². The molecule has 0 bridgehead atoms. The Morgan fingerprint density at radius 3 is 3.00 bits per heavy atom. The number of nitrogens with zero attached hydrogens (tertiary/aromatic N) is 3. The number of carbonyl (C=O) groups excluding carboxylic acids is 1. The SMILES string of the molecule is O=C(NC1CC1)c1noc([C@@H]2CCCN2C[C@@H]2CC=CCC2)n1. The molecule has 6 heteroatoms. The van der Waals surface area contributed by atoms with Crippen LogP contribution in [0, 0.1) is 5.92 Å². The number of carbonyl (C=O) groups is 1. The third kappa shape index (κ3) is 3.47. The lowest BCUT2D eigenvalue weighted by Gasteiger charge is -2.27. The summed E-state index contributed by atoms with van der Waals surface area (Å²) in [6.45, 7) is 2.16. The van der Waals surface area contributed by atoms with E-state index < -0.39 is 0 Å². The van der Waals surface area contributed by atoms with E-state index >= 15 is 0 Å². The molecule has 1 aliphatic heterocycles. The minimum absolute atomic E-state index is 0.177. The molecule has 2 heterocycles. The highest BCUT2D eigenvalue weighted by atomic mass is 16.5. The van der Waals surface area contributed by atoms with Crippen LogP contribution in [0.3, 0.4) is 0 Å². The Morgan fingerprint density at radius 2 is 2.22 bits per heavy atom. The molecular weight excluding hydrogens is 292 g/mol. The molecule has 1 saturated heterocycles. The molecule has 0 radical (unpaired) electrons. The van der Waals surface area contributed by atoms with Gasteiger partial charge in [-0.2, -0.15) is 4.98 Å². The van der Waals surface area contributed by atoms with E-state index in [0.29, 0.717) is 11.9 Å². The van der Waals surface area contributed by atoms with Crippen LogP contribution in [0.15, 0.2) is 16.7 Å². The van der Waals surface area contributed by atoms with Crippen LogP contribution >= 0.6 is 0 Å². The number of aromatic nitrogens is 2. The second kappa shape index (κ2) is 6.43. The first-order valence-corrected chi connectivity index (χ1v) is 8.83. The average molecular weight is 316 g/mol. The van der Waals surface area contributed by atoms with E-state index in [1.54, 1.807) is 0 Å². The fourth-order valence-electron chi connectivity index (χ4n) is 3.62. The van der Waals surface area contributed by atoms with E-state index in [4.69, 9.17) is 4.52 Å². The molecule has 1 N–H and O–H groups in total. The van der Waals surface area contributed by atoms with E-state index in [1.807, 2.05) is 0 Å². The minimum Gasteiger partial charge on any atom is -0.346 e. The van der Waals surface area contributed by atoms with Crippen LogP contribution < -0.4 is 5.32 Å². The summed E-state index contributed by atoms with van der Waals surface area (Å²) in [4.78, 5) is 18.8. The summed E-state index contributed by atoms with van der Waals surface area (Å²) >= 11 is 0. The highest BCUT2D eigenvalue weighted by Gasteiger charge is 2.33. The monoisotopic (exact) mass is 316 g/mol. The van der Waals surface area contributed by atoms with Crippen molar-refractivity contribution in [2.45, 2.75) is 57.0 Å². The van der Waals surface area contributed by atoms with Gasteiger partial charge in [-0.3, -0.25) is 9.69 Å². The summed E-state index contributed by atoms with van der Waals surface area (Å²) in [7, 11) is 0. The number of nitrogens with one attached hydrogen (secondary N) is 1. The quantitative estimate of drug-likeness (QED) is 0.845. The van der Waals surface area contributed by atoms with Crippen molar-refractivity contribution in [3.05, 3.63) is 23.9 Å². The van der Waals surface area contributed by atoms with Gasteiger partial charge < -0.3 is 9.84 Å². The Balaban J connectivity index is 1.40. The van der Waals surface area contributed by atoms with Crippen molar-refractivity contribution in [2.24, 2.45) is 5.92 Å². The van der Waals surface area contributed by atoms with E-state index in [2.05, 4.69) is 32.5 Å². The van der Waals surface area contributed by atoms with Gasteiger partial charge in [0.05, 0.1) is 6.04 Å². The molecule has 1 aromatic heterocycles. The van der Waals surface area contributed by atoms with E-state index in [0.717, 1.165) is 44.7 Å². The summed E-state index contributed by atoms with van der Waals surface area (Å²) in [6, 6.07) is 0.489. The molecule has 4 rings (SSSR count). The molecule has 1 saturated carbocycles. The molecule has 0 unspecified atom stereocenters. The van der Waals surface area contributed by atoms with Gasteiger partial charge in [0.25, 0.3) is 11.7 Å². The number of hydrogen-bond acceptors (Lipinski definition) is 5. The number of hydrogen-bond donors (Lipinski definition) is 1. The lowest BCUT2D eigenvalue weighted by atomic mass is 9.94. The Kier molecular flexibility index (Phi) is 4.16. The smallest absolute Gasteiger partial charge is 0.292 e. The van der Waals surface area contributed by atoms with Gasteiger partial charge in [-0.05, 0) is 57.4 Å². The first-order valence-electron chi connectivity index (χ1n) is 8.83. The Bertz CT molecular complexity index is 593. The van der Waals surface area contributed by atoms with Gasteiger partial charge in [-0.25, -0.2) is 0 Å². The molecule has 6 nitrogen and oxygen atoms in total. The van der Waals surface area contributed by atoms with Crippen molar-refractivity contribution in [1.82, 2.24) is 20.4 Å². The first kappa shape index (κ1) is 14.9. The maximum absolute atomic E-state index is 12.0. The van der Waals surface area contributed by atoms with E-state index in [9.17, 15) is 4.79 Å². The van der Waals surface area contributed by atoms with Crippen LogP contribution in [0.2, 0.25) is 0 Å². The zero-order valence-electron chi connectivity index (χ0n) is 13.4. The largest absolute Gasteiger partial charge is 0.346 e. The lowest BCUT2D eigenvalue weighted by Crippen LogP contribution is -2.30. The molecule has 2 atom stereocenters. The van der Waals surface area contributed by atoms with Crippen LogP contribution in [0.4, 0.5) is 0 Å². The van der Waals surface area contributed by atoms with Gasteiger partial charge in [0, 0.05) is 12.6 Å². The summed E-state index contributed by atoms with van der Waals surface area (Å²) in [6.07, 6.45) is 12.5. The standard InChI is InChI=1S/C17H24N4O2/c22-16(18-13-8-9-13)15-19-17(23-20-15)14-7-4-10-21(14)11-12-5-2-1-3-6-12/h1-2,12-14H,3-11H2,(H,18,22)/t12-,14+/m1/s1. The fraction of sp³-hybridized carbons (Fsp3) is 0.706. The van der Waals surface area contributed by atoms with Gasteiger partial charge in [-0.15, -0.1) is 0 Å². The highest BCUT2D eigenvalue weighted by Crippen LogP contribution is 2.33. The van der Waals surface area contributed by atoms with Gasteiger partial charge >= 0.3 is 0 Å². The molecule has 1 aromatic rings. The third-order valence-corrected chi connectivity index (χ3v) is 5.08. The maximum Gasteiger partial charge on any atom is 0.292 e. The maximum atomic E-state index is 12.0. The van der Waals surface area contributed by atoms with Crippen LogP contribution in [0.1, 0.15) is 67.5 Å². The Hall–Kier alpha value is -1.69. The number of likely N-dealkylation sites (tertiary alicyclic amines) is 1. The van der Waals surface area contributed by atoms with Gasteiger partial charge in [0.15, 0.2) is 0 Å². The molecule has 23 heavy (non-hydrogen) atoms. The lowest BCUT2D eigenvalue weighted by molar-refractivity contribution is 0.0937. The summed E-state index contributed by atoms with van der Waals surface area (Å²) < 4.78 is 5.41. The van der Waals surface area contributed by atoms with Crippen molar-refractivity contribution in [2.75, 3.05) is 13.1 Å². The van der Waals surface area contributed by atoms with Crippen molar-refractivity contribution < 1.29 is 9.32 Å². The number of amides is 1. The van der Waals surface area contributed by atoms with Crippen molar-refractivity contribution in [1.29, 1.82) is 0 Å². The zero-order chi connectivity index (χ0) is 15.6. The minimum atomic E-state index is -0.204. The Morgan fingerprint density at radius 1 is 1.30 bits per heavy atom. The molecule has 1 amide bonds. The number of rotatable bonds is 5. The van der Waals surface area contributed by atoms with Crippen LogP contribution in [0.5, 0.6) is 0 Å². The normalized spacial score (nSPS) is 28.2. The van der Waals surface area contributed by atoms with Crippen LogP contribution in [-0.2, 0) is 0 Å². The van der Waals surface area contributed by atoms with Gasteiger partial charge in [0.1, 0.15) is 0 Å². The van der Waals surface area contributed by atoms with Gasteiger partial charge in [0.2, 0.25) is 5.89 Å². The molecule has 2 aliphatic carbocycles. The van der Waals surface area contributed by atoms with Crippen molar-refractivity contribution >= 4 is 5.91 Å². The van der Waals surface area contributed by atoms with Crippen LogP contribution in [-0.4, -0.2) is 40.1 Å². The molecule has 0 aromatic carbocycles. The molecule has 2 fully saturated rings. The second-order valence-corrected chi connectivity index (χ2v) is 7.01. The van der Waals surface area contributed by atoms with Crippen molar-refractivity contribution in [3.8, 4) is 0 Å². The molecule has 3 aliphatic rings. The number of allylic oxidation sites excluding steroid dienone is 2. The topological polar surface area (TPSA) is 71.3 Å². The van der Waals surface area contributed by atoms with Crippen molar-refractivity contribution in [3.63, 3.8) is 0 Å². The van der Waals surface area contributed by atoms with Gasteiger partial charge in [-0.1, -0.05) is 17.3 Å². The van der Waals surface area contributed by atoms with E-state index in [1.165, 1.54) is 19.3 Å². The third-order valence-electron chi connectivity index (χ3n) is 5.08. The summed E-state index contributed by atoms with van der Waals surface area (Å²) in [5.74, 6) is 1.31. The molecule has 0 spiro atoms. The summed E-state index contributed by atoms with van der Waals surface area (Å²) in [5, 5.41) is 6.79.